The second-order valence-corrected chi connectivity index (χ2v) is 15.8. The molecule has 2 aliphatic heterocycles. The lowest BCUT2D eigenvalue weighted by Crippen LogP contribution is -2.43. The lowest BCUT2D eigenvalue weighted by Gasteiger charge is -2.41. The molecule has 0 radical (unpaired) electrons. The molecule has 248 valence electrons. The van der Waals surface area contributed by atoms with Gasteiger partial charge < -0.3 is 18.9 Å². The lowest BCUT2D eigenvalue weighted by molar-refractivity contribution is -0.123. The number of fused-ring (bicyclic) bond motifs is 7. The number of methoxy groups -OCH3 is 4. The van der Waals surface area contributed by atoms with Gasteiger partial charge in [-0.15, -0.1) is 0 Å². The maximum Gasteiger partial charge on any atom is 0.265 e. The zero-order valence-electron chi connectivity index (χ0n) is 27.7. The number of nitrogens with zero attached hydrogens (tertiary/aromatic N) is 1. The molecule has 4 fully saturated rings. The summed E-state index contributed by atoms with van der Waals surface area (Å²) >= 11 is 0. The maximum atomic E-state index is 12.1. The number of carbonyl (C=O) groups is 1. The van der Waals surface area contributed by atoms with E-state index in [0.717, 1.165) is 54.2 Å². The van der Waals surface area contributed by atoms with Crippen LogP contribution in [0.4, 0.5) is 0 Å². The van der Waals surface area contributed by atoms with E-state index in [4.69, 9.17) is 23.5 Å². The number of carbonyl (C=O) groups excluding carboxylic acids is 1. The number of benzene rings is 3. The van der Waals surface area contributed by atoms with Crippen molar-refractivity contribution in [2.75, 3.05) is 40.7 Å². The molecule has 2 heterocycles. The zero-order valence-corrected chi connectivity index (χ0v) is 28.5. The molecule has 3 aromatic carbocycles. The van der Waals surface area contributed by atoms with Crippen LogP contribution < -0.4 is 18.9 Å². The molecule has 5 aliphatic rings. The Hall–Kier alpha value is -3.08. The van der Waals surface area contributed by atoms with Crippen LogP contribution >= 0.6 is 0 Å². The first-order chi connectivity index (χ1) is 21.9. The molecule has 3 aromatic rings. The third-order valence-corrected chi connectivity index (χ3v) is 13.5. The van der Waals surface area contributed by atoms with Crippen LogP contribution in [0.15, 0.2) is 24.3 Å². The second-order valence-electron chi connectivity index (χ2n) is 14.4. The fraction of sp³-hybridized carbons (Fsp3) is 0.583. The minimum Gasteiger partial charge on any atom is -0.493 e. The van der Waals surface area contributed by atoms with Crippen LogP contribution in [-0.2, 0) is 27.9 Å². The molecule has 0 bridgehead atoms. The topological polar surface area (TPSA) is 112 Å². The summed E-state index contributed by atoms with van der Waals surface area (Å²) in [5.41, 5.74) is 1.69. The van der Waals surface area contributed by atoms with Gasteiger partial charge in [0.15, 0.2) is 23.0 Å². The van der Waals surface area contributed by atoms with Crippen LogP contribution in [0.5, 0.6) is 23.0 Å². The molecule has 1 N–H and O–H groups in total. The van der Waals surface area contributed by atoms with Crippen LogP contribution in [0.2, 0.25) is 0 Å². The SMILES string of the molecule is CC1(C)C23CCC2CC(=O)[C@]13CS(=O)(=O)O.COc1cc2c3c(c4cc(OC)c(OC)cc4c2cc1OC)CN1CCCCC1C3. The predicted octanol–water partition coefficient (Wildman–Crippen LogP) is 6.21. The summed E-state index contributed by atoms with van der Waals surface area (Å²) in [6, 6.07) is 9.14. The number of ether oxygens (including phenoxy) is 4. The number of hydrogen-bond acceptors (Lipinski definition) is 8. The highest BCUT2D eigenvalue weighted by molar-refractivity contribution is 7.85. The van der Waals surface area contributed by atoms with Gasteiger partial charge in [-0.3, -0.25) is 14.2 Å². The van der Waals surface area contributed by atoms with Gasteiger partial charge in [0, 0.05) is 19.0 Å². The highest BCUT2D eigenvalue weighted by atomic mass is 32.2. The third kappa shape index (κ3) is 4.18. The summed E-state index contributed by atoms with van der Waals surface area (Å²) in [5, 5.41) is 4.84. The minimum atomic E-state index is -4.08. The standard InChI is InChI=1S/C25H29NO4.C11H16O4S/c1-27-22-10-17-16-9-15-7-5-6-8-26(15)14-21(16)20-13-25(30-4)24(29-3)12-19(20)18(17)11-23(22)28-2;1-9(2)10-4-3-7(10)5-8(12)11(9,10)6-16(13,14)15/h10-13,15H,5-9,14H2,1-4H3;7H,3-6H2,1-2H3,(H,13,14,15)/t;7?,10?,11-/m.1/s1. The molecule has 8 rings (SSSR count). The van der Waals surface area contributed by atoms with E-state index < -0.39 is 15.5 Å². The summed E-state index contributed by atoms with van der Waals surface area (Å²) in [6.45, 7) is 6.11. The number of rotatable bonds is 6. The second kappa shape index (κ2) is 10.7. The van der Waals surface area contributed by atoms with E-state index >= 15 is 0 Å². The molecule has 10 heteroatoms. The third-order valence-electron chi connectivity index (χ3n) is 12.7. The van der Waals surface area contributed by atoms with Crippen LogP contribution in [0.1, 0.15) is 63.5 Å². The molecule has 46 heavy (non-hydrogen) atoms. The van der Waals surface area contributed by atoms with E-state index in [2.05, 4.69) is 29.2 Å². The fourth-order valence-electron chi connectivity index (χ4n) is 10.4. The van der Waals surface area contributed by atoms with Crippen LogP contribution in [-0.4, -0.2) is 70.4 Å². The van der Waals surface area contributed by atoms with Crippen molar-refractivity contribution in [1.82, 2.24) is 4.90 Å². The number of hydrogen-bond donors (Lipinski definition) is 1. The Morgan fingerprint density at radius 1 is 0.804 bits per heavy atom. The van der Waals surface area contributed by atoms with Crippen molar-refractivity contribution in [1.29, 1.82) is 0 Å². The van der Waals surface area contributed by atoms with Gasteiger partial charge in [-0.05, 0) is 112 Å². The fourth-order valence-corrected chi connectivity index (χ4v) is 11.8. The first-order valence-electron chi connectivity index (χ1n) is 16.3. The highest BCUT2D eigenvalue weighted by Gasteiger charge is 2.92. The van der Waals surface area contributed by atoms with Gasteiger partial charge in [-0.1, -0.05) is 20.3 Å². The van der Waals surface area contributed by atoms with E-state index in [1.165, 1.54) is 53.1 Å². The normalized spacial score (nSPS) is 29.0. The van der Waals surface area contributed by atoms with Gasteiger partial charge in [-0.2, -0.15) is 8.42 Å². The predicted molar refractivity (Wildman–Crippen MR) is 177 cm³/mol. The van der Waals surface area contributed by atoms with Crippen molar-refractivity contribution < 1.29 is 36.7 Å². The zero-order chi connectivity index (χ0) is 32.8. The number of ketones is 1. The average Bonchev–Trinajstić information content (AvgIpc) is 3.43. The molecule has 3 aliphatic carbocycles. The molecule has 4 atom stereocenters. The van der Waals surface area contributed by atoms with Crippen molar-refractivity contribution >= 4 is 37.4 Å². The van der Waals surface area contributed by atoms with Gasteiger partial charge in [-0.25, -0.2) is 0 Å². The lowest BCUT2D eigenvalue weighted by atomic mass is 9.66. The van der Waals surface area contributed by atoms with Crippen molar-refractivity contribution in [2.45, 2.75) is 71.4 Å². The minimum absolute atomic E-state index is 0.0534. The van der Waals surface area contributed by atoms with E-state index in [9.17, 15) is 13.2 Å². The Balaban J connectivity index is 0.000000177. The Kier molecular flexibility index (Phi) is 7.34. The Bertz CT molecular complexity index is 1780. The average molecular weight is 652 g/mol. The van der Waals surface area contributed by atoms with Crippen molar-refractivity contribution in [2.24, 2.45) is 22.2 Å². The molecule has 9 nitrogen and oxygen atoms in total. The monoisotopic (exact) mass is 651 g/mol. The van der Waals surface area contributed by atoms with Crippen molar-refractivity contribution in [3.8, 4) is 23.0 Å². The molecule has 3 saturated carbocycles. The number of Topliss-reactive ketones (excluding diaryl/α,β-unsaturated/α-hetero) is 1. The van der Waals surface area contributed by atoms with E-state index in [-0.39, 0.29) is 22.4 Å². The molecular weight excluding hydrogens is 606 g/mol. The molecule has 1 saturated heterocycles. The van der Waals surface area contributed by atoms with Gasteiger partial charge in [0.2, 0.25) is 0 Å². The molecule has 1 spiro atoms. The number of piperidine rings is 1. The highest BCUT2D eigenvalue weighted by Crippen LogP contribution is 2.91. The summed E-state index contributed by atoms with van der Waals surface area (Å²) < 4.78 is 53.9. The Morgan fingerprint density at radius 2 is 1.35 bits per heavy atom. The van der Waals surface area contributed by atoms with Crippen LogP contribution in [0.3, 0.4) is 0 Å². The first-order valence-corrected chi connectivity index (χ1v) is 18.0. The summed E-state index contributed by atoms with van der Waals surface area (Å²) in [4.78, 5) is 14.8. The van der Waals surface area contributed by atoms with Gasteiger partial charge in [0.05, 0.1) is 39.6 Å². The largest absolute Gasteiger partial charge is 0.493 e. The van der Waals surface area contributed by atoms with E-state index in [1.54, 1.807) is 28.4 Å². The Labute approximate surface area is 271 Å². The van der Waals surface area contributed by atoms with E-state index in [1.807, 2.05) is 13.8 Å². The van der Waals surface area contributed by atoms with Gasteiger partial charge in [0.1, 0.15) is 5.78 Å². The first kappa shape index (κ1) is 31.5. The van der Waals surface area contributed by atoms with Crippen LogP contribution in [0, 0.1) is 22.2 Å². The quantitative estimate of drug-likeness (QED) is 0.246. The van der Waals surface area contributed by atoms with Gasteiger partial charge >= 0.3 is 0 Å². The molecular formula is C36H45NO8S. The molecule has 0 amide bonds. The van der Waals surface area contributed by atoms with Gasteiger partial charge in [0.25, 0.3) is 10.1 Å². The summed E-state index contributed by atoms with van der Waals surface area (Å²) in [7, 11) is 2.70. The van der Waals surface area contributed by atoms with Crippen molar-refractivity contribution in [3.05, 3.63) is 35.4 Å². The summed E-state index contributed by atoms with van der Waals surface area (Å²) in [6.07, 6.45) is 7.45. The summed E-state index contributed by atoms with van der Waals surface area (Å²) in [5.74, 6) is 3.08. The van der Waals surface area contributed by atoms with Crippen molar-refractivity contribution in [3.63, 3.8) is 0 Å². The molecule has 3 unspecified atom stereocenters. The van der Waals surface area contributed by atoms with Crippen LogP contribution in [0.25, 0.3) is 21.5 Å². The Morgan fingerprint density at radius 3 is 1.83 bits per heavy atom. The molecule has 0 aromatic heterocycles. The smallest absolute Gasteiger partial charge is 0.265 e. The van der Waals surface area contributed by atoms with E-state index in [0.29, 0.717) is 18.4 Å². The maximum absolute atomic E-state index is 12.1.